The zero-order valence-electron chi connectivity index (χ0n) is 13.1. The van der Waals surface area contributed by atoms with E-state index in [0.717, 1.165) is 31.4 Å². The number of hydrogen-bond acceptors (Lipinski definition) is 3. The number of methoxy groups -OCH3 is 1. The molecule has 1 aromatic rings. The van der Waals surface area contributed by atoms with Crippen molar-refractivity contribution >= 4 is 0 Å². The first-order valence-electron chi connectivity index (χ1n) is 7.80. The van der Waals surface area contributed by atoms with Gasteiger partial charge in [0, 0.05) is 24.7 Å². The summed E-state index contributed by atoms with van der Waals surface area (Å²) in [6.07, 6.45) is 5.15. The number of benzene rings is 1. The highest BCUT2D eigenvalue weighted by Crippen LogP contribution is 2.24. The second-order valence-electron chi connectivity index (χ2n) is 5.89. The first-order chi connectivity index (χ1) is 9.72. The number of nitrogens with one attached hydrogen (secondary N) is 1. The smallest absolute Gasteiger partial charge is 0.123 e. The fourth-order valence-corrected chi connectivity index (χ4v) is 2.39. The topological polar surface area (TPSA) is 24.5 Å². The Balaban J connectivity index is 1.92. The van der Waals surface area contributed by atoms with Crippen LogP contribution in [0.2, 0.25) is 0 Å². The molecule has 0 saturated heterocycles. The van der Waals surface area contributed by atoms with Crippen LogP contribution in [0.4, 0.5) is 0 Å². The maximum absolute atomic E-state index is 5.54. The normalized spacial score (nSPS) is 14.8. The van der Waals surface area contributed by atoms with Gasteiger partial charge in [0.1, 0.15) is 5.75 Å². The third kappa shape index (κ3) is 4.80. The monoisotopic (exact) mass is 276 g/mol. The molecular weight excluding hydrogens is 248 g/mol. The summed E-state index contributed by atoms with van der Waals surface area (Å²) in [6, 6.07) is 7.36. The third-order valence-corrected chi connectivity index (χ3v) is 3.86. The summed E-state index contributed by atoms with van der Waals surface area (Å²) in [6.45, 7) is 5.30. The fraction of sp³-hybridized carbons (Fsp3) is 0.647. The lowest BCUT2D eigenvalue weighted by molar-refractivity contribution is 0.320. The predicted molar refractivity (Wildman–Crippen MR) is 84.1 cm³/mol. The molecule has 0 unspecified atom stereocenters. The van der Waals surface area contributed by atoms with Crippen molar-refractivity contribution in [1.29, 1.82) is 0 Å². The molecule has 1 fully saturated rings. The Morgan fingerprint density at radius 1 is 1.35 bits per heavy atom. The average Bonchev–Trinajstić information content (AvgIpc) is 3.27. The third-order valence-electron chi connectivity index (χ3n) is 3.86. The van der Waals surface area contributed by atoms with Crippen LogP contribution in [0.3, 0.4) is 0 Å². The quantitative estimate of drug-likeness (QED) is 0.749. The molecule has 112 valence electrons. The van der Waals surface area contributed by atoms with Gasteiger partial charge in [-0.15, -0.1) is 0 Å². The van der Waals surface area contributed by atoms with Gasteiger partial charge >= 0.3 is 0 Å². The molecule has 0 amide bonds. The number of unbranched alkanes of at least 4 members (excludes halogenated alkanes) is 1. The second-order valence-corrected chi connectivity index (χ2v) is 5.89. The van der Waals surface area contributed by atoms with E-state index in [1.807, 2.05) is 0 Å². The van der Waals surface area contributed by atoms with Crippen molar-refractivity contribution in [2.24, 2.45) is 0 Å². The highest BCUT2D eigenvalue weighted by molar-refractivity contribution is 5.37. The van der Waals surface area contributed by atoms with Gasteiger partial charge in [-0.2, -0.15) is 0 Å². The van der Waals surface area contributed by atoms with Crippen molar-refractivity contribution in [2.75, 3.05) is 20.7 Å². The van der Waals surface area contributed by atoms with Gasteiger partial charge in [0.15, 0.2) is 0 Å². The summed E-state index contributed by atoms with van der Waals surface area (Å²) in [4.78, 5) is 2.38. The number of ether oxygens (including phenoxy) is 1. The first kappa shape index (κ1) is 15.3. The highest BCUT2D eigenvalue weighted by Gasteiger charge is 2.20. The van der Waals surface area contributed by atoms with Crippen molar-refractivity contribution in [1.82, 2.24) is 10.2 Å². The lowest BCUT2D eigenvalue weighted by Crippen LogP contribution is -2.19. The Morgan fingerprint density at radius 2 is 2.15 bits per heavy atom. The number of hydrogen-bond donors (Lipinski definition) is 1. The lowest BCUT2D eigenvalue weighted by atomic mass is 10.1. The van der Waals surface area contributed by atoms with Gasteiger partial charge in [-0.3, -0.25) is 0 Å². The number of nitrogens with zero attached hydrogens (tertiary/aromatic N) is 1. The van der Waals surface area contributed by atoms with Crippen molar-refractivity contribution in [2.45, 2.75) is 51.7 Å². The van der Waals surface area contributed by atoms with Gasteiger partial charge in [0.25, 0.3) is 0 Å². The van der Waals surface area contributed by atoms with Gasteiger partial charge < -0.3 is 15.0 Å². The molecule has 0 heterocycles. The predicted octanol–water partition coefficient (Wildman–Crippen LogP) is 3.18. The van der Waals surface area contributed by atoms with Crippen molar-refractivity contribution in [3.05, 3.63) is 29.3 Å². The van der Waals surface area contributed by atoms with E-state index in [2.05, 4.69) is 42.4 Å². The standard InChI is InChI=1S/C17H28N2O/c1-4-5-10-19(2)13-14-6-7-15(17(11-14)20-3)12-18-16-8-9-16/h6-7,11,16,18H,4-5,8-10,12-13H2,1-3H3. The van der Waals surface area contributed by atoms with Gasteiger partial charge in [0.05, 0.1) is 7.11 Å². The molecule has 0 spiro atoms. The van der Waals surface area contributed by atoms with Crippen molar-refractivity contribution in [3.63, 3.8) is 0 Å². The van der Waals surface area contributed by atoms with E-state index < -0.39 is 0 Å². The van der Waals surface area contributed by atoms with Crippen molar-refractivity contribution < 1.29 is 4.74 Å². The van der Waals surface area contributed by atoms with Crippen LogP contribution in [0.25, 0.3) is 0 Å². The zero-order valence-corrected chi connectivity index (χ0v) is 13.1. The Labute approximate surface area is 123 Å². The lowest BCUT2D eigenvalue weighted by Gasteiger charge is -2.17. The van der Waals surface area contributed by atoms with Crippen molar-refractivity contribution in [3.8, 4) is 5.75 Å². The summed E-state index contributed by atoms with van der Waals surface area (Å²) in [7, 11) is 3.95. The molecule has 20 heavy (non-hydrogen) atoms. The van der Waals surface area contributed by atoms with Gasteiger partial charge in [-0.05, 0) is 44.5 Å². The largest absolute Gasteiger partial charge is 0.496 e. The zero-order chi connectivity index (χ0) is 14.4. The summed E-state index contributed by atoms with van der Waals surface area (Å²) in [5.74, 6) is 1.01. The van der Waals surface area contributed by atoms with Crippen LogP contribution in [-0.2, 0) is 13.1 Å². The first-order valence-corrected chi connectivity index (χ1v) is 7.80. The second kappa shape index (κ2) is 7.65. The molecule has 1 aliphatic carbocycles. The van der Waals surface area contributed by atoms with Crippen LogP contribution in [0.1, 0.15) is 43.7 Å². The molecule has 0 aliphatic heterocycles. The van der Waals surface area contributed by atoms with E-state index in [1.54, 1.807) is 7.11 Å². The van der Waals surface area contributed by atoms with E-state index in [9.17, 15) is 0 Å². The minimum atomic E-state index is 0.736. The van der Waals surface area contributed by atoms with Crippen LogP contribution in [0, 0.1) is 0 Å². The van der Waals surface area contributed by atoms with Crippen LogP contribution >= 0.6 is 0 Å². The molecule has 1 N–H and O–H groups in total. The molecule has 0 radical (unpaired) electrons. The van der Waals surface area contributed by atoms with Crippen LogP contribution in [-0.4, -0.2) is 31.6 Å². The minimum absolute atomic E-state index is 0.736. The van der Waals surface area contributed by atoms with E-state index in [0.29, 0.717) is 0 Å². The summed E-state index contributed by atoms with van der Waals surface area (Å²) >= 11 is 0. The highest BCUT2D eigenvalue weighted by atomic mass is 16.5. The Hall–Kier alpha value is -1.06. The molecule has 3 nitrogen and oxygen atoms in total. The molecule has 0 atom stereocenters. The molecule has 2 rings (SSSR count). The van der Waals surface area contributed by atoms with Crippen LogP contribution in [0.15, 0.2) is 18.2 Å². The van der Waals surface area contributed by atoms with E-state index >= 15 is 0 Å². The van der Waals surface area contributed by atoms with Crippen LogP contribution in [0.5, 0.6) is 5.75 Å². The van der Waals surface area contributed by atoms with E-state index in [4.69, 9.17) is 4.74 Å². The molecule has 1 aliphatic rings. The molecule has 1 aromatic carbocycles. The van der Waals surface area contributed by atoms with Gasteiger partial charge in [-0.1, -0.05) is 25.5 Å². The average molecular weight is 276 g/mol. The van der Waals surface area contributed by atoms with Gasteiger partial charge in [-0.25, -0.2) is 0 Å². The summed E-state index contributed by atoms with van der Waals surface area (Å²) in [5.41, 5.74) is 2.59. The molecule has 1 saturated carbocycles. The van der Waals surface area contributed by atoms with E-state index in [-0.39, 0.29) is 0 Å². The molecular formula is C17H28N2O. The Kier molecular flexibility index (Phi) is 5.86. The fourth-order valence-electron chi connectivity index (χ4n) is 2.39. The van der Waals surface area contributed by atoms with E-state index in [1.165, 1.54) is 36.8 Å². The van der Waals surface area contributed by atoms with Crippen LogP contribution < -0.4 is 10.1 Å². The Morgan fingerprint density at radius 3 is 2.80 bits per heavy atom. The molecule has 0 aromatic heterocycles. The SMILES string of the molecule is CCCCN(C)Cc1ccc(CNC2CC2)c(OC)c1. The summed E-state index contributed by atoms with van der Waals surface area (Å²) in [5, 5.41) is 3.55. The summed E-state index contributed by atoms with van der Waals surface area (Å²) < 4.78 is 5.54. The molecule has 0 bridgehead atoms. The Bertz CT molecular complexity index is 415. The van der Waals surface area contributed by atoms with Gasteiger partial charge in [0.2, 0.25) is 0 Å². The maximum atomic E-state index is 5.54. The number of rotatable bonds is 9. The maximum Gasteiger partial charge on any atom is 0.123 e. The minimum Gasteiger partial charge on any atom is -0.496 e. The molecule has 3 heteroatoms.